The lowest BCUT2D eigenvalue weighted by atomic mass is 9.86. The maximum Gasteiger partial charge on any atom is 0.408 e. The van der Waals surface area contributed by atoms with Crippen LogP contribution in [0.15, 0.2) is 36.4 Å². The third-order valence-corrected chi connectivity index (χ3v) is 4.93. The maximum absolute atomic E-state index is 14.9. The fourth-order valence-corrected chi connectivity index (χ4v) is 3.34. The van der Waals surface area contributed by atoms with Gasteiger partial charge in [0.1, 0.15) is 40.9 Å². The van der Waals surface area contributed by atoms with Crippen LogP contribution in [0.4, 0.5) is 13.6 Å². The van der Waals surface area contributed by atoms with Gasteiger partial charge in [0.25, 0.3) is 0 Å². The highest BCUT2D eigenvalue weighted by atomic mass is 19.1. The van der Waals surface area contributed by atoms with Gasteiger partial charge in [-0.1, -0.05) is 0 Å². The van der Waals surface area contributed by atoms with E-state index in [0.29, 0.717) is 11.5 Å². The Morgan fingerprint density at radius 3 is 1.76 bits per heavy atom. The number of carbonyl (C=O) groups is 2. The van der Waals surface area contributed by atoms with Crippen molar-refractivity contribution in [3.8, 4) is 11.5 Å². The Morgan fingerprint density at radius 2 is 1.35 bits per heavy atom. The zero-order valence-electron chi connectivity index (χ0n) is 20.4. The summed E-state index contributed by atoms with van der Waals surface area (Å²) < 4.78 is 50.9. The fraction of sp³-hybridized carbons (Fsp3) is 0.440. The topological polar surface area (TPSA) is 83.1 Å². The van der Waals surface area contributed by atoms with Crippen LogP contribution < -0.4 is 14.8 Å². The molecule has 0 bridgehead atoms. The smallest absolute Gasteiger partial charge is 0.408 e. The summed E-state index contributed by atoms with van der Waals surface area (Å²) in [6.45, 7) is 8.00. The molecule has 0 radical (unpaired) electrons. The van der Waals surface area contributed by atoms with Crippen LogP contribution in [-0.2, 0) is 14.3 Å². The number of benzene rings is 2. The lowest BCUT2D eigenvalue weighted by molar-refractivity contribution is -0.151. The van der Waals surface area contributed by atoms with E-state index in [-0.39, 0.29) is 11.1 Å². The van der Waals surface area contributed by atoms with Gasteiger partial charge in [0.15, 0.2) is 0 Å². The molecule has 0 aromatic heterocycles. The standard InChI is InChI=1S/C25H31F2NO6/c1-14(28-24(30)34-25(3,4)5)23(29)33-15(2)22(18-12-16(31-6)8-10-20(18)26)19-13-17(32-7)9-11-21(19)27/h8-15,22H,1-7H3,(H,28,30)/t14-,15-/m0/s1. The molecule has 0 heterocycles. The van der Waals surface area contributed by atoms with E-state index in [2.05, 4.69) is 5.32 Å². The van der Waals surface area contributed by atoms with Crippen LogP contribution >= 0.6 is 0 Å². The molecular formula is C25H31F2NO6. The van der Waals surface area contributed by atoms with Crippen molar-refractivity contribution >= 4 is 12.1 Å². The first-order chi connectivity index (χ1) is 15.9. The number of rotatable bonds is 8. The van der Waals surface area contributed by atoms with Gasteiger partial charge in [0.05, 0.1) is 20.1 Å². The monoisotopic (exact) mass is 479 g/mol. The number of hydrogen-bond donors (Lipinski definition) is 1. The van der Waals surface area contributed by atoms with Crippen LogP contribution in [0.25, 0.3) is 0 Å². The Bertz CT molecular complexity index is 967. The molecule has 2 aromatic carbocycles. The number of carbonyl (C=O) groups excluding carboxylic acids is 2. The highest BCUT2D eigenvalue weighted by Gasteiger charge is 2.32. The van der Waals surface area contributed by atoms with Crippen molar-refractivity contribution in [3.05, 3.63) is 59.2 Å². The average Bonchev–Trinajstić information content (AvgIpc) is 2.74. The predicted molar refractivity (Wildman–Crippen MR) is 122 cm³/mol. The second kappa shape index (κ2) is 11.2. The highest BCUT2D eigenvalue weighted by molar-refractivity contribution is 5.81. The van der Waals surface area contributed by atoms with E-state index in [1.54, 1.807) is 20.8 Å². The molecule has 7 nitrogen and oxygen atoms in total. The van der Waals surface area contributed by atoms with Crippen LogP contribution in [0.3, 0.4) is 0 Å². The number of esters is 1. The molecule has 0 fully saturated rings. The lowest BCUT2D eigenvalue weighted by Gasteiger charge is -2.28. The van der Waals surface area contributed by atoms with Crippen LogP contribution in [-0.4, -0.2) is 44.0 Å². The summed E-state index contributed by atoms with van der Waals surface area (Å²) in [6, 6.07) is 7.03. The van der Waals surface area contributed by atoms with Gasteiger partial charge < -0.3 is 24.3 Å². The molecule has 1 amide bonds. The Kier molecular flexibility index (Phi) is 8.84. The van der Waals surface area contributed by atoms with Gasteiger partial charge >= 0.3 is 12.1 Å². The maximum atomic E-state index is 14.9. The first-order valence-corrected chi connectivity index (χ1v) is 10.7. The lowest BCUT2D eigenvalue weighted by Crippen LogP contribution is -2.43. The van der Waals surface area contributed by atoms with Gasteiger partial charge in [0.2, 0.25) is 0 Å². The predicted octanol–water partition coefficient (Wildman–Crippen LogP) is 4.96. The quantitative estimate of drug-likeness (QED) is 0.539. The number of methoxy groups -OCH3 is 2. The Hall–Kier alpha value is -3.36. The third-order valence-electron chi connectivity index (χ3n) is 4.93. The molecule has 0 aliphatic rings. The van der Waals surface area contributed by atoms with Gasteiger partial charge in [-0.15, -0.1) is 0 Å². The number of amides is 1. The molecule has 2 aromatic rings. The molecule has 0 aliphatic heterocycles. The largest absolute Gasteiger partial charge is 0.497 e. The van der Waals surface area contributed by atoms with Gasteiger partial charge in [-0.2, -0.15) is 0 Å². The van der Waals surface area contributed by atoms with Crippen molar-refractivity contribution in [1.29, 1.82) is 0 Å². The SMILES string of the molecule is COc1ccc(F)c(C(c2cc(OC)ccc2F)[C@H](C)OC(=O)[C@H](C)NC(=O)OC(C)(C)C)c1. The minimum absolute atomic E-state index is 0.0690. The summed E-state index contributed by atoms with van der Waals surface area (Å²) in [4.78, 5) is 24.7. The Morgan fingerprint density at radius 1 is 0.882 bits per heavy atom. The molecule has 34 heavy (non-hydrogen) atoms. The van der Waals surface area contributed by atoms with Crippen molar-refractivity contribution in [2.45, 2.75) is 58.3 Å². The molecule has 0 unspecified atom stereocenters. The van der Waals surface area contributed by atoms with Gasteiger partial charge in [-0.25, -0.2) is 18.4 Å². The molecule has 2 rings (SSSR count). The molecule has 0 saturated carbocycles. The molecular weight excluding hydrogens is 448 g/mol. The van der Waals surface area contributed by atoms with Crippen molar-refractivity contribution in [1.82, 2.24) is 5.32 Å². The molecule has 0 saturated heterocycles. The molecule has 2 atom stereocenters. The second-order valence-electron chi connectivity index (χ2n) is 8.76. The van der Waals surface area contributed by atoms with E-state index < -0.39 is 47.4 Å². The van der Waals surface area contributed by atoms with Crippen LogP contribution in [0.2, 0.25) is 0 Å². The van der Waals surface area contributed by atoms with E-state index in [0.717, 1.165) is 0 Å². The van der Waals surface area contributed by atoms with E-state index in [4.69, 9.17) is 18.9 Å². The second-order valence-corrected chi connectivity index (χ2v) is 8.76. The van der Waals surface area contributed by atoms with Crippen molar-refractivity contribution in [3.63, 3.8) is 0 Å². The Balaban J connectivity index is 2.38. The highest BCUT2D eigenvalue weighted by Crippen LogP contribution is 2.36. The van der Waals surface area contributed by atoms with Gasteiger partial charge in [0, 0.05) is 11.1 Å². The number of hydrogen-bond acceptors (Lipinski definition) is 6. The number of alkyl carbamates (subject to hydrolysis) is 1. The minimum Gasteiger partial charge on any atom is -0.497 e. The summed E-state index contributed by atoms with van der Waals surface area (Å²) in [6.07, 6.45) is -1.82. The summed E-state index contributed by atoms with van der Waals surface area (Å²) in [5, 5.41) is 2.40. The van der Waals surface area contributed by atoms with Gasteiger partial charge in [-0.05, 0) is 71.0 Å². The molecule has 0 aliphatic carbocycles. The Labute approximate surface area is 198 Å². The minimum atomic E-state index is -1.07. The summed E-state index contributed by atoms with van der Waals surface area (Å²) >= 11 is 0. The fourth-order valence-electron chi connectivity index (χ4n) is 3.34. The van der Waals surface area contributed by atoms with E-state index in [9.17, 15) is 18.4 Å². The average molecular weight is 480 g/mol. The number of ether oxygens (including phenoxy) is 4. The summed E-state index contributed by atoms with van der Waals surface area (Å²) in [5.41, 5.74) is -0.612. The zero-order valence-corrected chi connectivity index (χ0v) is 20.4. The molecule has 0 spiro atoms. The molecule has 9 heteroatoms. The number of nitrogens with one attached hydrogen (secondary N) is 1. The van der Waals surface area contributed by atoms with Gasteiger partial charge in [-0.3, -0.25) is 0 Å². The van der Waals surface area contributed by atoms with E-state index >= 15 is 0 Å². The summed E-state index contributed by atoms with van der Waals surface area (Å²) in [5.74, 6) is -2.39. The zero-order chi connectivity index (χ0) is 25.6. The number of halogens is 2. The van der Waals surface area contributed by atoms with Crippen LogP contribution in [0, 0.1) is 11.6 Å². The molecule has 1 N–H and O–H groups in total. The first-order valence-electron chi connectivity index (χ1n) is 10.7. The van der Waals surface area contributed by atoms with Crippen LogP contribution in [0.5, 0.6) is 11.5 Å². The normalized spacial score (nSPS) is 13.1. The van der Waals surface area contributed by atoms with E-state index in [1.165, 1.54) is 64.5 Å². The first kappa shape index (κ1) is 26.9. The van der Waals surface area contributed by atoms with Crippen molar-refractivity contribution < 1.29 is 37.3 Å². The van der Waals surface area contributed by atoms with Crippen LogP contribution in [0.1, 0.15) is 51.7 Å². The van der Waals surface area contributed by atoms with Crippen molar-refractivity contribution in [2.24, 2.45) is 0 Å². The molecule has 186 valence electrons. The van der Waals surface area contributed by atoms with Crippen molar-refractivity contribution in [2.75, 3.05) is 14.2 Å². The third kappa shape index (κ3) is 7.07. The van der Waals surface area contributed by atoms with E-state index in [1.807, 2.05) is 0 Å². The summed E-state index contributed by atoms with van der Waals surface area (Å²) in [7, 11) is 2.84.